The molecule has 2 rings (SSSR count). The number of hydrogen-bond donors (Lipinski definition) is 0. The van der Waals surface area contributed by atoms with Crippen LogP contribution in [0.3, 0.4) is 0 Å². The molecule has 0 aliphatic carbocycles. The molecule has 6 heteroatoms. The molecule has 0 saturated carbocycles. The highest BCUT2D eigenvalue weighted by molar-refractivity contribution is 7.18. The zero-order chi connectivity index (χ0) is 14.0. The summed E-state index contributed by atoms with van der Waals surface area (Å²) in [6.45, 7) is 5.59. The molecule has 0 radical (unpaired) electrons. The molecule has 1 atom stereocenters. The van der Waals surface area contributed by atoms with Gasteiger partial charge in [-0.3, -0.25) is 14.2 Å². The van der Waals surface area contributed by atoms with Crippen molar-refractivity contribution in [2.45, 2.75) is 39.8 Å². The van der Waals surface area contributed by atoms with Crippen LogP contribution in [0.5, 0.6) is 0 Å². The first-order chi connectivity index (χ1) is 9.01. The van der Waals surface area contributed by atoms with Crippen LogP contribution in [0.4, 0.5) is 0 Å². The predicted molar refractivity (Wildman–Crippen MR) is 74.5 cm³/mol. The number of rotatable bonds is 4. The molecule has 2 heterocycles. The lowest BCUT2D eigenvalue weighted by Crippen LogP contribution is -2.27. The lowest BCUT2D eigenvalue weighted by atomic mass is 10.3. The summed E-state index contributed by atoms with van der Waals surface area (Å²) in [6.07, 6.45) is 2.02. The molecule has 5 nitrogen and oxygen atoms in total. The van der Waals surface area contributed by atoms with Gasteiger partial charge in [0.05, 0.1) is 17.8 Å². The highest BCUT2D eigenvalue weighted by Gasteiger charge is 2.12. The van der Waals surface area contributed by atoms with Gasteiger partial charge in [-0.05, 0) is 26.3 Å². The van der Waals surface area contributed by atoms with E-state index in [9.17, 15) is 9.59 Å². The van der Waals surface area contributed by atoms with E-state index < -0.39 is 5.97 Å². The summed E-state index contributed by atoms with van der Waals surface area (Å²) < 4.78 is 6.44. The van der Waals surface area contributed by atoms with E-state index in [2.05, 4.69) is 4.98 Å². The maximum Gasteiger partial charge on any atom is 0.326 e. The Kier molecular flexibility index (Phi) is 3.99. The Morgan fingerprint density at radius 2 is 2.32 bits per heavy atom. The van der Waals surface area contributed by atoms with Gasteiger partial charge in [-0.1, -0.05) is 6.92 Å². The van der Waals surface area contributed by atoms with Crippen LogP contribution in [-0.2, 0) is 16.1 Å². The van der Waals surface area contributed by atoms with Crippen molar-refractivity contribution in [3.63, 3.8) is 0 Å². The molecular formula is C13H16N2O3S. The zero-order valence-electron chi connectivity index (χ0n) is 11.2. The number of esters is 1. The van der Waals surface area contributed by atoms with E-state index in [4.69, 9.17) is 4.74 Å². The van der Waals surface area contributed by atoms with E-state index in [1.165, 1.54) is 22.2 Å². The molecular weight excluding hydrogens is 264 g/mol. The standard InChI is InChI=1S/C13H16N2O3S/c1-4-8(2)18-11(16)6-15-7-14-12-10(13(15)17)5-9(3)19-12/h5,7-8H,4,6H2,1-3H3. The summed E-state index contributed by atoms with van der Waals surface area (Å²) in [7, 11) is 0. The van der Waals surface area contributed by atoms with Crippen molar-refractivity contribution >= 4 is 27.5 Å². The van der Waals surface area contributed by atoms with Crippen LogP contribution in [0.25, 0.3) is 10.2 Å². The molecule has 2 aromatic heterocycles. The average Bonchev–Trinajstić information content (AvgIpc) is 2.74. The minimum absolute atomic E-state index is 0.0962. The number of ether oxygens (including phenoxy) is 1. The maximum absolute atomic E-state index is 12.2. The lowest BCUT2D eigenvalue weighted by molar-refractivity contribution is -0.149. The Balaban J connectivity index is 2.24. The van der Waals surface area contributed by atoms with Gasteiger partial charge < -0.3 is 4.74 Å². The van der Waals surface area contributed by atoms with Gasteiger partial charge in [-0.25, -0.2) is 4.98 Å². The third kappa shape index (κ3) is 3.01. The van der Waals surface area contributed by atoms with Crippen molar-refractivity contribution in [1.29, 1.82) is 0 Å². The summed E-state index contributed by atoms with van der Waals surface area (Å²) in [6, 6.07) is 1.80. The first-order valence-corrected chi connectivity index (χ1v) is 6.98. The SMILES string of the molecule is CCC(C)OC(=O)Cn1cnc2sc(C)cc2c1=O. The largest absolute Gasteiger partial charge is 0.461 e. The summed E-state index contributed by atoms with van der Waals surface area (Å²) in [5.74, 6) is -0.412. The van der Waals surface area contributed by atoms with E-state index in [1.807, 2.05) is 20.8 Å². The van der Waals surface area contributed by atoms with Crippen LogP contribution in [-0.4, -0.2) is 21.6 Å². The molecule has 0 aliphatic rings. The summed E-state index contributed by atoms with van der Waals surface area (Å²) in [5, 5.41) is 0.557. The number of aryl methyl sites for hydroxylation is 1. The molecule has 0 aromatic carbocycles. The summed E-state index contributed by atoms with van der Waals surface area (Å²) in [5.41, 5.74) is -0.199. The van der Waals surface area contributed by atoms with Gasteiger partial charge in [0.15, 0.2) is 0 Å². The number of thiophene rings is 1. The van der Waals surface area contributed by atoms with Gasteiger partial charge in [0, 0.05) is 4.88 Å². The third-order valence-corrected chi connectivity index (χ3v) is 3.81. The van der Waals surface area contributed by atoms with Crippen molar-refractivity contribution in [1.82, 2.24) is 9.55 Å². The van der Waals surface area contributed by atoms with Gasteiger partial charge in [-0.15, -0.1) is 11.3 Å². The van der Waals surface area contributed by atoms with Crippen molar-refractivity contribution < 1.29 is 9.53 Å². The molecule has 0 fully saturated rings. The van der Waals surface area contributed by atoms with Crippen LogP contribution < -0.4 is 5.56 Å². The fraction of sp³-hybridized carbons (Fsp3) is 0.462. The monoisotopic (exact) mass is 280 g/mol. The van der Waals surface area contributed by atoms with Crippen LogP contribution in [0.2, 0.25) is 0 Å². The predicted octanol–water partition coefficient (Wildman–Crippen LogP) is 2.11. The van der Waals surface area contributed by atoms with Crippen molar-refractivity contribution in [2.24, 2.45) is 0 Å². The number of nitrogens with zero attached hydrogens (tertiary/aromatic N) is 2. The Bertz CT molecular complexity index is 659. The minimum atomic E-state index is -0.412. The zero-order valence-corrected chi connectivity index (χ0v) is 12.0. The van der Waals surface area contributed by atoms with Gasteiger partial charge >= 0.3 is 5.97 Å². The molecule has 0 spiro atoms. The Morgan fingerprint density at radius 1 is 1.58 bits per heavy atom. The first-order valence-electron chi connectivity index (χ1n) is 6.16. The molecule has 1 unspecified atom stereocenters. The molecule has 19 heavy (non-hydrogen) atoms. The van der Waals surface area contributed by atoms with E-state index in [-0.39, 0.29) is 18.2 Å². The number of hydrogen-bond acceptors (Lipinski definition) is 5. The fourth-order valence-electron chi connectivity index (χ4n) is 1.68. The maximum atomic E-state index is 12.2. The Morgan fingerprint density at radius 3 is 3.00 bits per heavy atom. The highest BCUT2D eigenvalue weighted by Crippen LogP contribution is 2.19. The second kappa shape index (κ2) is 5.52. The first kappa shape index (κ1) is 13.7. The quantitative estimate of drug-likeness (QED) is 0.805. The van der Waals surface area contributed by atoms with E-state index in [0.29, 0.717) is 10.2 Å². The van der Waals surface area contributed by atoms with Crippen molar-refractivity contribution in [3.05, 3.63) is 27.6 Å². The minimum Gasteiger partial charge on any atom is -0.461 e. The van der Waals surface area contributed by atoms with Crippen LogP contribution >= 0.6 is 11.3 Å². The molecule has 102 valence electrons. The second-order valence-corrected chi connectivity index (χ2v) is 5.70. The fourth-order valence-corrected chi connectivity index (χ4v) is 2.51. The van der Waals surface area contributed by atoms with Crippen molar-refractivity contribution in [3.8, 4) is 0 Å². The number of aromatic nitrogens is 2. The van der Waals surface area contributed by atoms with Gasteiger partial charge in [0.25, 0.3) is 5.56 Å². The molecule has 0 saturated heterocycles. The molecule has 2 aromatic rings. The van der Waals surface area contributed by atoms with Crippen LogP contribution in [0.15, 0.2) is 17.2 Å². The van der Waals surface area contributed by atoms with Gasteiger partial charge in [0.1, 0.15) is 11.4 Å². The summed E-state index contributed by atoms with van der Waals surface area (Å²) >= 11 is 1.47. The van der Waals surface area contributed by atoms with E-state index in [0.717, 1.165) is 11.3 Å². The molecule has 0 N–H and O–H groups in total. The lowest BCUT2D eigenvalue weighted by Gasteiger charge is -2.11. The van der Waals surface area contributed by atoms with E-state index >= 15 is 0 Å². The number of carbonyl (C=O) groups is 1. The smallest absolute Gasteiger partial charge is 0.326 e. The average molecular weight is 280 g/mol. The Labute approximate surface area is 114 Å². The van der Waals surface area contributed by atoms with Gasteiger partial charge in [-0.2, -0.15) is 0 Å². The molecule has 0 aliphatic heterocycles. The van der Waals surface area contributed by atoms with Crippen LogP contribution in [0, 0.1) is 6.92 Å². The third-order valence-electron chi connectivity index (χ3n) is 2.85. The molecule has 0 amide bonds. The summed E-state index contributed by atoms with van der Waals surface area (Å²) in [4.78, 5) is 29.7. The topological polar surface area (TPSA) is 61.2 Å². The number of fused-ring (bicyclic) bond motifs is 1. The normalized spacial score (nSPS) is 12.6. The molecule has 0 bridgehead atoms. The van der Waals surface area contributed by atoms with E-state index in [1.54, 1.807) is 6.07 Å². The van der Waals surface area contributed by atoms with Crippen molar-refractivity contribution in [2.75, 3.05) is 0 Å². The second-order valence-electron chi connectivity index (χ2n) is 4.46. The number of carbonyl (C=O) groups excluding carboxylic acids is 1. The highest BCUT2D eigenvalue weighted by atomic mass is 32.1. The van der Waals surface area contributed by atoms with Crippen LogP contribution in [0.1, 0.15) is 25.1 Å². The van der Waals surface area contributed by atoms with Gasteiger partial charge in [0.2, 0.25) is 0 Å². The Hall–Kier alpha value is -1.69.